The molecule has 0 aliphatic heterocycles. The summed E-state index contributed by atoms with van der Waals surface area (Å²) in [5.41, 5.74) is -0.189. The third kappa shape index (κ3) is 4.76. The molecule has 0 aliphatic carbocycles. The van der Waals surface area contributed by atoms with Gasteiger partial charge in [0, 0.05) is 25.1 Å². The Labute approximate surface area is 93.5 Å². The highest BCUT2D eigenvalue weighted by molar-refractivity contribution is 5.59. The van der Waals surface area contributed by atoms with Crippen LogP contribution in [-0.4, -0.2) is 42.5 Å². The maximum Gasteiger partial charge on any atom is 0.127 e. The zero-order chi connectivity index (χ0) is 11.7. The quantitative estimate of drug-likeness (QED) is 0.595. The second kappa shape index (κ2) is 7.83. The van der Waals surface area contributed by atoms with Crippen molar-refractivity contribution < 1.29 is 9.90 Å². The van der Waals surface area contributed by atoms with Crippen molar-refractivity contribution in [2.75, 3.05) is 26.2 Å². The lowest BCUT2D eigenvalue weighted by Crippen LogP contribution is -2.39. The fourth-order valence-electron chi connectivity index (χ4n) is 1.77. The lowest BCUT2D eigenvalue weighted by Gasteiger charge is -2.32. The van der Waals surface area contributed by atoms with Crippen LogP contribution in [-0.2, 0) is 4.79 Å². The molecule has 1 N–H and O–H groups in total. The summed E-state index contributed by atoms with van der Waals surface area (Å²) in [6.07, 6.45) is 3.68. The molecule has 0 amide bonds. The average Bonchev–Trinajstić information content (AvgIpc) is 2.30. The van der Waals surface area contributed by atoms with Gasteiger partial charge in [-0.1, -0.05) is 20.8 Å². The Morgan fingerprint density at radius 1 is 1.27 bits per heavy atom. The zero-order valence-corrected chi connectivity index (χ0v) is 10.3. The molecule has 15 heavy (non-hydrogen) atoms. The summed E-state index contributed by atoms with van der Waals surface area (Å²) in [5, 5.41) is 8.78. The van der Waals surface area contributed by atoms with Gasteiger partial charge in [0.05, 0.1) is 0 Å². The van der Waals surface area contributed by atoms with Crippen molar-refractivity contribution >= 4 is 6.29 Å². The van der Waals surface area contributed by atoms with E-state index in [2.05, 4.69) is 25.7 Å². The van der Waals surface area contributed by atoms with E-state index < -0.39 is 0 Å². The fourth-order valence-corrected chi connectivity index (χ4v) is 1.77. The van der Waals surface area contributed by atoms with Gasteiger partial charge in [0.1, 0.15) is 6.29 Å². The molecule has 0 spiro atoms. The Morgan fingerprint density at radius 3 is 2.20 bits per heavy atom. The molecule has 0 heterocycles. The van der Waals surface area contributed by atoms with Crippen LogP contribution in [0.2, 0.25) is 0 Å². The smallest absolute Gasteiger partial charge is 0.127 e. The van der Waals surface area contributed by atoms with Crippen molar-refractivity contribution in [3.8, 4) is 0 Å². The second-order valence-electron chi connectivity index (χ2n) is 4.13. The first-order valence-corrected chi connectivity index (χ1v) is 5.97. The van der Waals surface area contributed by atoms with E-state index in [0.717, 1.165) is 45.2 Å². The molecular weight excluding hydrogens is 190 g/mol. The minimum atomic E-state index is -0.189. The van der Waals surface area contributed by atoms with Gasteiger partial charge in [-0.25, -0.2) is 0 Å². The first kappa shape index (κ1) is 14.6. The van der Waals surface area contributed by atoms with E-state index in [1.165, 1.54) is 0 Å². The number of rotatable bonds is 9. The number of hydrogen-bond donors (Lipinski definition) is 1. The van der Waals surface area contributed by atoms with Gasteiger partial charge in [0.25, 0.3) is 0 Å². The number of aliphatic hydroxyl groups is 1. The predicted molar refractivity (Wildman–Crippen MR) is 62.9 cm³/mol. The van der Waals surface area contributed by atoms with Crippen LogP contribution < -0.4 is 0 Å². The van der Waals surface area contributed by atoms with Crippen molar-refractivity contribution in [3.05, 3.63) is 0 Å². The van der Waals surface area contributed by atoms with Gasteiger partial charge in [-0.15, -0.1) is 0 Å². The predicted octanol–water partition coefficient (Wildman–Crippen LogP) is 1.70. The lowest BCUT2D eigenvalue weighted by atomic mass is 9.83. The SMILES string of the molecule is CCN(CCCO)CC(C=O)(CC)CC. The van der Waals surface area contributed by atoms with Gasteiger partial charge < -0.3 is 14.8 Å². The van der Waals surface area contributed by atoms with E-state index in [0.29, 0.717) is 0 Å². The van der Waals surface area contributed by atoms with E-state index in [4.69, 9.17) is 5.11 Å². The Bertz CT molecular complexity index is 167. The first-order chi connectivity index (χ1) is 7.17. The van der Waals surface area contributed by atoms with Gasteiger partial charge >= 0.3 is 0 Å². The highest BCUT2D eigenvalue weighted by Gasteiger charge is 2.27. The van der Waals surface area contributed by atoms with Crippen molar-refractivity contribution in [3.63, 3.8) is 0 Å². The van der Waals surface area contributed by atoms with Gasteiger partial charge in [-0.3, -0.25) is 0 Å². The monoisotopic (exact) mass is 215 g/mol. The van der Waals surface area contributed by atoms with Crippen LogP contribution in [0, 0.1) is 5.41 Å². The summed E-state index contributed by atoms with van der Waals surface area (Å²) in [6.45, 7) is 9.09. The van der Waals surface area contributed by atoms with Gasteiger partial charge in [0.2, 0.25) is 0 Å². The highest BCUT2D eigenvalue weighted by atomic mass is 16.3. The normalized spacial score (nSPS) is 12.1. The first-order valence-electron chi connectivity index (χ1n) is 5.97. The number of aliphatic hydroxyl groups excluding tert-OH is 1. The van der Waals surface area contributed by atoms with Crippen LogP contribution in [0.3, 0.4) is 0 Å². The molecule has 0 aromatic rings. The molecule has 0 fully saturated rings. The molecule has 0 saturated heterocycles. The number of aldehydes is 1. The molecule has 3 nitrogen and oxygen atoms in total. The molecular formula is C12H25NO2. The molecule has 0 atom stereocenters. The minimum Gasteiger partial charge on any atom is -0.396 e. The van der Waals surface area contributed by atoms with E-state index in [1.54, 1.807) is 0 Å². The topological polar surface area (TPSA) is 40.5 Å². The third-order valence-corrected chi connectivity index (χ3v) is 3.28. The molecule has 0 saturated carbocycles. The Kier molecular flexibility index (Phi) is 7.61. The third-order valence-electron chi connectivity index (χ3n) is 3.28. The van der Waals surface area contributed by atoms with Crippen LogP contribution >= 0.6 is 0 Å². The summed E-state index contributed by atoms with van der Waals surface area (Å²) >= 11 is 0. The van der Waals surface area contributed by atoms with E-state index in [1.807, 2.05) is 0 Å². The standard InChI is InChI=1S/C12H25NO2/c1-4-12(5-2,11-15)10-13(6-3)8-7-9-14/h11,14H,4-10H2,1-3H3. The van der Waals surface area contributed by atoms with E-state index >= 15 is 0 Å². The molecule has 0 aromatic carbocycles. The molecule has 0 radical (unpaired) electrons. The number of carbonyl (C=O) groups excluding carboxylic acids is 1. The Balaban J connectivity index is 4.27. The zero-order valence-electron chi connectivity index (χ0n) is 10.3. The van der Waals surface area contributed by atoms with Gasteiger partial charge in [0.15, 0.2) is 0 Å². The van der Waals surface area contributed by atoms with Crippen LogP contribution in [0.25, 0.3) is 0 Å². The molecule has 0 rings (SSSR count). The maximum absolute atomic E-state index is 11.1. The number of nitrogens with zero attached hydrogens (tertiary/aromatic N) is 1. The summed E-state index contributed by atoms with van der Waals surface area (Å²) in [4.78, 5) is 13.4. The van der Waals surface area contributed by atoms with Crippen LogP contribution in [0.5, 0.6) is 0 Å². The van der Waals surface area contributed by atoms with E-state index in [9.17, 15) is 4.79 Å². The van der Waals surface area contributed by atoms with Crippen molar-refractivity contribution in [1.29, 1.82) is 0 Å². The molecule has 90 valence electrons. The Hall–Kier alpha value is -0.410. The van der Waals surface area contributed by atoms with Crippen LogP contribution in [0.1, 0.15) is 40.0 Å². The van der Waals surface area contributed by atoms with Crippen molar-refractivity contribution in [1.82, 2.24) is 4.90 Å². The lowest BCUT2D eigenvalue weighted by molar-refractivity contribution is -0.117. The molecule has 0 aromatic heterocycles. The maximum atomic E-state index is 11.1. The number of carbonyl (C=O) groups is 1. The summed E-state index contributed by atoms with van der Waals surface area (Å²) < 4.78 is 0. The summed E-state index contributed by atoms with van der Waals surface area (Å²) in [6, 6.07) is 0. The Morgan fingerprint density at radius 2 is 1.87 bits per heavy atom. The van der Waals surface area contributed by atoms with E-state index in [-0.39, 0.29) is 12.0 Å². The molecule has 0 aliphatic rings. The molecule has 3 heteroatoms. The highest BCUT2D eigenvalue weighted by Crippen LogP contribution is 2.24. The van der Waals surface area contributed by atoms with Gasteiger partial charge in [-0.2, -0.15) is 0 Å². The minimum absolute atomic E-state index is 0.189. The fraction of sp³-hybridized carbons (Fsp3) is 0.917. The largest absolute Gasteiger partial charge is 0.396 e. The second-order valence-corrected chi connectivity index (χ2v) is 4.13. The van der Waals surface area contributed by atoms with Crippen molar-refractivity contribution in [2.24, 2.45) is 5.41 Å². The molecule has 0 bridgehead atoms. The summed E-state index contributed by atoms with van der Waals surface area (Å²) in [5.74, 6) is 0. The van der Waals surface area contributed by atoms with Crippen LogP contribution in [0.4, 0.5) is 0 Å². The van der Waals surface area contributed by atoms with Crippen molar-refractivity contribution in [2.45, 2.75) is 40.0 Å². The van der Waals surface area contributed by atoms with Crippen LogP contribution in [0.15, 0.2) is 0 Å². The average molecular weight is 215 g/mol. The molecule has 0 unspecified atom stereocenters. The summed E-state index contributed by atoms with van der Waals surface area (Å²) in [7, 11) is 0. The van der Waals surface area contributed by atoms with Gasteiger partial charge in [-0.05, 0) is 25.8 Å². The number of hydrogen-bond acceptors (Lipinski definition) is 3.